The first-order chi connectivity index (χ1) is 28.3. The highest BCUT2D eigenvalue weighted by Crippen LogP contribution is 2.41. The van der Waals surface area contributed by atoms with Gasteiger partial charge in [0.25, 0.3) is 0 Å². The summed E-state index contributed by atoms with van der Waals surface area (Å²) in [5, 5.41) is 77.3. The van der Waals surface area contributed by atoms with Crippen molar-refractivity contribution in [3.05, 3.63) is 0 Å². The number of rotatable bonds is 10. The number of ketones is 1. The van der Waals surface area contributed by atoms with E-state index in [0.29, 0.717) is 12.8 Å². The Hall–Kier alpha value is -1.46. The molecule has 4 aliphatic heterocycles. The maximum atomic E-state index is 14.3. The van der Waals surface area contributed by atoms with Crippen LogP contribution in [0.1, 0.15) is 94.9 Å². The fraction of sp³-hybridized carbons (Fsp3) is 0.953. The van der Waals surface area contributed by atoms with Crippen molar-refractivity contribution in [1.29, 1.82) is 0 Å². The van der Waals surface area contributed by atoms with E-state index in [1.54, 1.807) is 48.5 Å². The van der Waals surface area contributed by atoms with E-state index in [9.17, 15) is 45.3 Å². The number of ether oxygens (including phenoxy) is 8. The number of likely N-dealkylation sites (N-methyl/N-ethyl adjacent to an activating group) is 1. The van der Waals surface area contributed by atoms with Gasteiger partial charge in [0, 0.05) is 43.2 Å². The van der Waals surface area contributed by atoms with Gasteiger partial charge in [-0.2, -0.15) is 0 Å². The lowest BCUT2D eigenvalue weighted by molar-refractivity contribution is -0.362. The van der Waals surface area contributed by atoms with Crippen molar-refractivity contribution < 1.29 is 83.2 Å². The van der Waals surface area contributed by atoms with E-state index in [-0.39, 0.29) is 18.6 Å². The van der Waals surface area contributed by atoms with Gasteiger partial charge in [0.1, 0.15) is 48.5 Å². The molecule has 0 spiro atoms. The molecule has 7 N–H and O–H groups in total. The minimum atomic E-state index is -1.88. The van der Waals surface area contributed by atoms with Crippen LogP contribution in [0.3, 0.4) is 0 Å². The Morgan fingerprint density at radius 2 is 1.39 bits per heavy atom. The summed E-state index contributed by atoms with van der Waals surface area (Å²) < 4.78 is 50.3. The maximum absolute atomic E-state index is 14.3. The van der Waals surface area contributed by atoms with E-state index >= 15 is 0 Å². The molecule has 0 aromatic heterocycles. The first kappa shape index (κ1) is 52.2. The second-order valence-corrected chi connectivity index (χ2v) is 19.0. The molecule has 0 saturated carbocycles. The van der Waals surface area contributed by atoms with Gasteiger partial charge in [-0.05, 0) is 68.0 Å². The summed E-state index contributed by atoms with van der Waals surface area (Å²) >= 11 is 0. The minimum Gasteiger partial charge on any atom is -0.462 e. The lowest BCUT2D eigenvalue weighted by Gasteiger charge is -2.50. The second kappa shape index (κ2) is 21.2. The standard InChI is InChI=1S/C43H77NO17/c1-14-27-21(4)31(47)22(5)30(46)19(2)16-42(9,53)38(23(6)35(24(7)39(52)57-27)59-29-17-43(10,54-13)37(51)25(8)56-29)61-41-36(26(44(11)12)15-20(3)55-41)60-40-34(50)33(49)32(48)28(18-45)58-40/h19-29,31-38,40-41,45,47-51,53H,14-18H2,1-13H3/t19-,20-,21+,22+,23+,24-,25+,26+,27?,28-,29+,31+,32+,33+,34-,35?,36-,37+,38-,40+,41+,42-,43-/m1/s1. The number of esters is 1. The van der Waals surface area contributed by atoms with Crippen LogP contribution >= 0.6 is 0 Å². The Morgan fingerprint density at radius 3 is 1.97 bits per heavy atom. The Labute approximate surface area is 361 Å². The van der Waals surface area contributed by atoms with E-state index in [1.807, 2.05) is 32.8 Å². The van der Waals surface area contributed by atoms with Gasteiger partial charge >= 0.3 is 5.97 Å². The van der Waals surface area contributed by atoms with Crippen molar-refractivity contribution in [2.75, 3.05) is 27.8 Å². The largest absolute Gasteiger partial charge is 0.462 e. The topological polar surface area (TPSA) is 253 Å². The minimum absolute atomic E-state index is 0.0644. The van der Waals surface area contributed by atoms with Gasteiger partial charge in [0.2, 0.25) is 0 Å². The van der Waals surface area contributed by atoms with E-state index in [0.717, 1.165) is 0 Å². The predicted molar refractivity (Wildman–Crippen MR) is 217 cm³/mol. The van der Waals surface area contributed by atoms with E-state index in [1.165, 1.54) is 14.0 Å². The molecule has 0 aromatic rings. The molecular formula is C43H77NO17. The third-order valence-electron chi connectivity index (χ3n) is 13.9. The van der Waals surface area contributed by atoms with E-state index in [4.69, 9.17) is 37.9 Å². The highest BCUT2D eigenvalue weighted by Gasteiger charge is 2.54. The lowest BCUT2D eigenvalue weighted by atomic mass is 9.74. The van der Waals surface area contributed by atoms with Crippen molar-refractivity contribution in [3.8, 4) is 0 Å². The zero-order chi connectivity index (χ0) is 46.0. The van der Waals surface area contributed by atoms with Gasteiger partial charge in [-0.1, -0.05) is 34.6 Å². The first-order valence-corrected chi connectivity index (χ1v) is 22.0. The summed E-state index contributed by atoms with van der Waals surface area (Å²) in [5.41, 5.74) is -2.97. The summed E-state index contributed by atoms with van der Waals surface area (Å²) in [6.45, 7) is 16.3. The fourth-order valence-electron chi connectivity index (χ4n) is 9.82. The third-order valence-corrected chi connectivity index (χ3v) is 13.9. The van der Waals surface area contributed by atoms with Crippen molar-refractivity contribution in [2.24, 2.45) is 29.6 Å². The summed E-state index contributed by atoms with van der Waals surface area (Å²) in [7, 11) is 5.09. The number of aliphatic hydroxyl groups excluding tert-OH is 6. The van der Waals surface area contributed by atoms with Crippen LogP contribution in [0, 0.1) is 29.6 Å². The van der Waals surface area contributed by atoms with Gasteiger partial charge in [0.15, 0.2) is 18.9 Å². The number of cyclic esters (lactones) is 1. The quantitative estimate of drug-likeness (QED) is 0.148. The van der Waals surface area contributed by atoms with Crippen LogP contribution in [-0.2, 0) is 47.5 Å². The normalized spacial score (nSPS) is 50.0. The van der Waals surface area contributed by atoms with Crippen LogP contribution in [0.5, 0.6) is 0 Å². The molecule has 18 nitrogen and oxygen atoms in total. The molecule has 0 bridgehead atoms. The third kappa shape index (κ3) is 11.5. The molecule has 0 aromatic carbocycles. The number of hydrogen-bond donors (Lipinski definition) is 7. The van der Waals surface area contributed by atoms with Crippen LogP contribution in [0.4, 0.5) is 0 Å². The van der Waals surface area contributed by atoms with Crippen LogP contribution < -0.4 is 0 Å². The predicted octanol–water partition coefficient (Wildman–Crippen LogP) is 0.495. The highest BCUT2D eigenvalue weighted by molar-refractivity contribution is 5.83. The second-order valence-electron chi connectivity index (χ2n) is 19.0. The van der Waals surface area contributed by atoms with Gasteiger partial charge in [-0.15, -0.1) is 0 Å². The Balaban J connectivity index is 1.86. The maximum Gasteiger partial charge on any atom is 0.311 e. The van der Waals surface area contributed by atoms with Crippen LogP contribution in [0.25, 0.3) is 0 Å². The summed E-state index contributed by atoms with van der Waals surface area (Å²) in [6.07, 6.45) is -17.3. The zero-order valence-electron chi connectivity index (χ0n) is 38.3. The Bertz CT molecular complexity index is 1420. The number of carbonyl (C=O) groups excluding carboxylic acids is 2. The summed E-state index contributed by atoms with van der Waals surface area (Å²) in [6, 6.07) is -0.480. The number of aliphatic hydroxyl groups is 7. The van der Waals surface area contributed by atoms with E-state index in [2.05, 4.69) is 0 Å². The zero-order valence-corrected chi connectivity index (χ0v) is 38.3. The Morgan fingerprint density at radius 1 is 0.754 bits per heavy atom. The molecular weight excluding hydrogens is 802 g/mol. The van der Waals surface area contributed by atoms with E-state index < -0.39 is 152 Å². The molecule has 4 saturated heterocycles. The van der Waals surface area contributed by atoms with Crippen molar-refractivity contribution in [2.45, 2.75) is 204 Å². The molecule has 4 rings (SSSR count). The van der Waals surface area contributed by atoms with Gasteiger partial charge in [-0.3, -0.25) is 9.59 Å². The molecule has 61 heavy (non-hydrogen) atoms. The Kier molecular flexibility index (Phi) is 18.2. The monoisotopic (exact) mass is 880 g/mol. The first-order valence-electron chi connectivity index (χ1n) is 22.0. The lowest BCUT2D eigenvalue weighted by Crippen LogP contribution is -2.64. The van der Waals surface area contributed by atoms with Gasteiger partial charge in [0.05, 0.1) is 54.2 Å². The van der Waals surface area contributed by atoms with Crippen LogP contribution in [0.15, 0.2) is 0 Å². The number of methoxy groups -OCH3 is 1. The SMILES string of the molecule is CCC1OC(=O)[C@H](C)C(O[C@H]2C[C@@](C)(OC)[C@@H](O)[C@H](C)O2)[C@H](C)[C@@H](O[C@@H]2O[C@H](C)C[C@H](N(C)C)[C@H]2O[C@@H]2O[C@H](CO)[C@H](O)[C@H](O)[C@H]2O)[C@](C)(O)C[C@@H](C)C(=O)[C@H](C)[C@@H](O)[C@H]1C. The van der Waals surface area contributed by atoms with Crippen molar-refractivity contribution in [1.82, 2.24) is 4.90 Å². The molecule has 4 fully saturated rings. The molecule has 0 radical (unpaired) electrons. The molecule has 2 unspecified atom stereocenters. The van der Waals surface area contributed by atoms with Gasteiger partial charge in [-0.25, -0.2) is 0 Å². The molecule has 18 heteroatoms. The number of Topliss-reactive ketones (excluding diaryl/α,β-unsaturated/α-hetero) is 1. The number of carbonyl (C=O) groups is 2. The fourth-order valence-corrected chi connectivity index (χ4v) is 9.82. The molecule has 23 atom stereocenters. The van der Waals surface area contributed by atoms with Crippen molar-refractivity contribution >= 4 is 11.8 Å². The molecule has 4 heterocycles. The molecule has 4 aliphatic rings. The number of nitrogens with zero attached hydrogens (tertiary/aromatic N) is 1. The molecule has 0 aliphatic carbocycles. The smallest absolute Gasteiger partial charge is 0.311 e. The molecule has 356 valence electrons. The highest BCUT2D eigenvalue weighted by atomic mass is 16.8. The summed E-state index contributed by atoms with van der Waals surface area (Å²) in [5.74, 6) is -5.25. The summed E-state index contributed by atoms with van der Waals surface area (Å²) in [4.78, 5) is 30.2. The average molecular weight is 880 g/mol. The molecule has 0 amide bonds. The van der Waals surface area contributed by atoms with Gasteiger partial charge < -0.3 is 78.5 Å². The van der Waals surface area contributed by atoms with Crippen molar-refractivity contribution in [3.63, 3.8) is 0 Å². The number of hydrogen-bond acceptors (Lipinski definition) is 18. The van der Waals surface area contributed by atoms with Crippen LogP contribution in [-0.4, -0.2) is 190 Å². The average Bonchev–Trinajstić information content (AvgIpc) is 3.21. The van der Waals surface area contributed by atoms with Crippen LogP contribution in [0.2, 0.25) is 0 Å².